The topological polar surface area (TPSA) is 38.0 Å². The lowest BCUT2D eigenvalue weighted by molar-refractivity contribution is 1.18. The van der Waals surface area contributed by atoms with Crippen molar-refractivity contribution in [1.29, 1.82) is 5.26 Å². The zero-order valence-electron chi connectivity index (χ0n) is 43.8. The molecule has 72 heavy (non-hydrogen) atoms. The van der Waals surface area contributed by atoms with Gasteiger partial charge < -0.3 is 9.13 Å². The third kappa shape index (κ3) is 7.89. The number of nitrogens with zero attached hydrogens (tertiary/aromatic N) is 4. The summed E-state index contributed by atoms with van der Waals surface area (Å²) in [6, 6.07) is 61.6. The molecule has 8 heteroatoms. The maximum absolute atomic E-state index is 10.00. The molecule has 0 bridgehead atoms. The van der Waals surface area contributed by atoms with Gasteiger partial charge in [-0.05, 0) is 104 Å². The van der Waals surface area contributed by atoms with Crippen LogP contribution in [0.4, 0.5) is 5.69 Å². The fourth-order valence-electron chi connectivity index (χ4n) is 11.0. The highest BCUT2D eigenvalue weighted by atomic mass is 28.3. The predicted molar refractivity (Wildman–Crippen MR) is 324 cm³/mol. The monoisotopic (exact) mass is 998 g/mol. The van der Waals surface area contributed by atoms with Crippen LogP contribution in [0.25, 0.3) is 104 Å². The average molecular weight is 1000 g/mol. The highest BCUT2D eigenvalue weighted by Gasteiger charge is 2.26. The first-order valence-corrected chi connectivity index (χ1v) is 39.3. The van der Waals surface area contributed by atoms with Crippen molar-refractivity contribution in [3.8, 4) is 39.7 Å². The Balaban J connectivity index is 1.25. The minimum atomic E-state index is -1.62. The Bertz CT molecular complexity index is 3720. The molecule has 2 aromatic heterocycles. The number of aromatic nitrogens is 2. The number of fused-ring (bicyclic) bond motifs is 8. The van der Waals surface area contributed by atoms with Crippen molar-refractivity contribution in [2.75, 3.05) is 0 Å². The van der Waals surface area contributed by atoms with E-state index in [0.29, 0.717) is 11.3 Å². The molecular weight excluding hydrogens is 937 g/mol. The molecule has 354 valence electrons. The summed E-state index contributed by atoms with van der Waals surface area (Å²) >= 11 is 0. The Kier molecular flexibility index (Phi) is 11.0. The van der Waals surface area contributed by atoms with E-state index in [0.717, 1.165) is 55.2 Å². The quantitative estimate of drug-likeness (QED) is 0.0849. The summed E-state index contributed by atoms with van der Waals surface area (Å²) in [4.78, 5) is 3.80. The summed E-state index contributed by atoms with van der Waals surface area (Å²) in [6.07, 6.45) is 0. The van der Waals surface area contributed by atoms with E-state index in [1.165, 1.54) is 64.4 Å². The SMILES string of the molecule is [C-]#[N+]c1ccc(-c2c3ccc(-n4c5ccc([Si](C)(C)C)cc5c5cc([Si](C)(C)C)ccc54)cc3c(-c3ccc(C#N)cc3)c3ccc(-n4c5ccc([Si](C)(C)C)cc5c5cc([Si](C)(C)C)ccc54)cc23)cc1. The molecule has 0 spiro atoms. The van der Waals surface area contributed by atoms with Crippen LogP contribution < -0.4 is 20.7 Å². The molecule has 0 radical (unpaired) electrons. The van der Waals surface area contributed by atoms with Gasteiger partial charge >= 0.3 is 0 Å². The molecule has 11 aromatic rings. The van der Waals surface area contributed by atoms with Crippen LogP contribution in [-0.2, 0) is 0 Å². The third-order valence-electron chi connectivity index (χ3n) is 15.2. The van der Waals surface area contributed by atoms with Crippen molar-refractivity contribution >= 4 is 124 Å². The lowest BCUT2D eigenvalue weighted by Gasteiger charge is -2.21. The van der Waals surface area contributed by atoms with Crippen LogP contribution in [0.5, 0.6) is 0 Å². The Morgan fingerprint density at radius 3 is 0.972 bits per heavy atom. The molecule has 0 aliphatic heterocycles. The van der Waals surface area contributed by atoms with Crippen LogP contribution in [0, 0.1) is 17.9 Å². The Morgan fingerprint density at radius 1 is 0.361 bits per heavy atom. The number of benzene rings is 9. The van der Waals surface area contributed by atoms with Crippen molar-refractivity contribution in [3.05, 3.63) is 175 Å². The van der Waals surface area contributed by atoms with E-state index < -0.39 is 32.3 Å². The summed E-state index contributed by atoms with van der Waals surface area (Å²) in [7, 11) is -6.48. The van der Waals surface area contributed by atoms with Gasteiger partial charge in [-0.3, -0.25) is 0 Å². The first-order valence-electron chi connectivity index (χ1n) is 25.3. The summed E-state index contributed by atoms with van der Waals surface area (Å²) in [5.74, 6) is 0. The van der Waals surface area contributed by atoms with Gasteiger partial charge in [0.25, 0.3) is 0 Å². The highest BCUT2D eigenvalue weighted by molar-refractivity contribution is 6.90. The molecule has 2 heterocycles. The van der Waals surface area contributed by atoms with Gasteiger partial charge in [0.05, 0.1) is 72.6 Å². The first kappa shape index (κ1) is 47.3. The Morgan fingerprint density at radius 2 is 0.681 bits per heavy atom. The fourth-order valence-corrected chi connectivity index (χ4v) is 15.6. The zero-order chi connectivity index (χ0) is 50.8. The molecule has 0 saturated carbocycles. The van der Waals surface area contributed by atoms with Crippen LogP contribution in [0.1, 0.15) is 5.56 Å². The molecule has 9 aromatic carbocycles. The second-order valence-corrected chi connectivity index (χ2v) is 44.5. The van der Waals surface area contributed by atoms with Gasteiger partial charge in [0.2, 0.25) is 0 Å². The van der Waals surface area contributed by atoms with Gasteiger partial charge in [-0.25, -0.2) is 4.85 Å². The van der Waals surface area contributed by atoms with Gasteiger partial charge in [0.1, 0.15) is 0 Å². The number of nitriles is 1. The molecule has 0 atom stereocenters. The molecule has 0 unspecified atom stereocenters. The minimum absolute atomic E-state index is 0.617. The molecular formula is C64H62N4Si4. The lowest BCUT2D eigenvalue weighted by Crippen LogP contribution is -2.37. The largest absolute Gasteiger partial charge is 0.309 e. The number of rotatable bonds is 8. The third-order valence-corrected chi connectivity index (χ3v) is 23.4. The van der Waals surface area contributed by atoms with Gasteiger partial charge in [0.15, 0.2) is 5.69 Å². The Hall–Kier alpha value is -7.05. The fraction of sp³-hybridized carbons (Fsp3) is 0.188. The first-order chi connectivity index (χ1) is 34.1. The predicted octanol–water partition coefficient (Wildman–Crippen LogP) is 16.1. The molecule has 11 rings (SSSR count). The second kappa shape index (κ2) is 16.8. The molecule has 0 aliphatic rings. The van der Waals surface area contributed by atoms with Crippen LogP contribution in [0.15, 0.2) is 158 Å². The van der Waals surface area contributed by atoms with Crippen molar-refractivity contribution in [1.82, 2.24) is 9.13 Å². The highest BCUT2D eigenvalue weighted by Crippen LogP contribution is 2.47. The minimum Gasteiger partial charge on any atom is -0.309 e. The van der Waals surface area contributed by atoms with E-state index in [1.54, 1.807) is 0 Å². The number of hydrogen-bond acceptors (Lipinski definition) is 1. The van der Waals surface area contributed by atoms with E-state index in [9.17, 15) is 5.26 Å². The van der Waals surface area contributed by atoms with E-state index >= 15 is 0 Å². The van der Waals surface area contributed by atoms with E-state index in [4.69, 9.17) is 6.57 Å². The molecule has 0 N–H and O–H groups in total. The van der Waals surface area contributed by atoms with Crippen LogP contribution >= 0.6 is 0 Å². The molecule has 0 fully saturated rings. The number of hydrogen-bond donors (Lipinski definition) is 0. The van der Waals surface area contributed by atoms with E-state index in [2.05, 4.69) is 232 Å². The zero-order valence-corrected chi connectivity index (χ0v) is 47.8. The van der Waals surface area contributed by atoms with E-state index in [1.807, 2.05) is 24.3 Å². The van der Waals surface area contributed by atoms with Crippen LogP contribution in [-0.4, -0.2) is 41.4 Å². The second-order valence-electron chi connectivity index (χ2n) is 24.2. The van der Waals surface area contributed by atoms with Gasteiger partial charge in [-0.15, -0.1) is 0 Å². The maximum atomic E-state index is 10.00. The van der Waals surface area contributed by atoms with Crippen LogP contribution in [0.3, 0.4) is 0 Å². The van der Waals surface area contributed by atoms with Crippen LogP contribution in [0.2, 0.25) is 78.6 Å². The molecule has 0 aliphatic carbocycles. The normalized spacial score (nSPS) is 12.7. The smallest absolute Gasteiger partial charge is 0.187 e. The van der Waals surface area contributed by atoms with Crippen molar-refractivity contribution in [3.63, 3.8) is 0 Å². The van der Waals surface area contributed by atoms with Crippen molar-refractivity contribution in [2.24, 2.45) is 0 Å². The molecule has 4 nitrogen and oxygen atoms in total. The van der Waals surface area contributed by atoms with Crippen molar-refractivity contribution < 1.29 is 0 Å². The Labute approximate surface area is 428 Å². The van der Waals surface area contributed by atoms with Gasteiger partial charge in [-0.2, -0.15) is 5.26 Å². The summed E-state index contributed by atoms with van der Waals surface area (Å²) in [6.45, 7) is 37.1. The summed E-state index contributed by atoms with van der Waals surface area (Å²) in [5.41, 5.74) is 12.7. The van der Waals surface area contributed by atoms with E-state index in [-0.39, 0.29) is 0 Å². The standard InChI is InChI=1S/C64H62N4Si4/c1-66-44-20-18-43(19-21-44)64-52-29-23-45(67-59-30-24-47(69(2,3)4)36-53(59)54-37-48(70(5,6)7)25-31-60(54)67)34-57(52)63(42-16-14-41(40-65)15-17-42)51-28-22-46(35-58(51)64)68-61-32-26-49(71(8,9)10)38-55(61)56-39-50(72(11,12)13)27-33-62(56)68/h14-39H,2-13H3. The summed E-state index contributed by atoms with van der Waals surface area (Å²) < 4.78 is 4.96. The lowest BCUT2D eigenvalue weighted by atomic mass is 9.85. The average Bonchev–Trinajstić information content (AvgIpc) is 3.86. The summed E-state index contributed by atoms with van der Waals surface area (Å²) in [5, 5.41) is 25.6. The molecule has 0 saturated heterocycles. The van der Waals surface area contributed by atoms with Gasteiger partial charge in [-0.1, -0.05) is 196 Å². The maximum Gasteiger partial charge on any atom is 0.187 e. The van der Waals surface area contributed by atoms with Crippen molar-refractivity contribution in [2.45, 2.75) is 78.6 Å². The molecule has 0 amide bonds. The van der Waals surface area contributed by atoms with Gasteiger partial charge in [0, 0.05) is 32.9 Å².